The zero-order valence-corrected chi connectivity index (χ0v) is 23.1. The van der Waals surface area contributed by atoms with E-state index >= 15 is 0 Å². The smallest absolute Gasteiger partial charge is 0.307 e. The van der Waals surface area contributed by atoms with Gasteiger partial charge < -0.3 is 14.9 Å². The number of fused-ring (bicyclic) bond motifs is 1. The van der Waals surface area contributed by atoms with Gasteiger partial charge in [0, 0.05) is 30.4 Å². The third-order valence-electron chi connectivity index (χ3n) is 6.87. The highest BCUT2D eigenvalue weighted by Crippen LogP contribution is 2.38. The zero-order valence-electron chi connectivity index (χ0n) is 21.5. The van der Waals surface area contributed by atoms with Gasteiger partial charge >= 0.3 is 5.97 Å². The molecule has 38 heavy (non-hydrogen) atoms. The number of carboxylic acids is 1. The van der Waals surface area contributed by atoms with E-state index in [1.807, 2.05) is 25.1 Å². The standard InChI is InChI=1S/C28H31NO7S2/c1-17-8-9-20(27(18(2)28(32)33)25-11-10-24(37-25)19(3)31)14-21(17)15-29-16-22(12-13-30)36-23-6-4-5-7-26(23)38(29,34)35/h4-11,14,18,22,27,30H,12-13,15-16H2,1-3H3,(H,32,33). The molecule has 0 saturated heterocycles. The van der Waals surface area contributed by atoms with Crippen molar-refractivity contribution in [2.24, 2.45) is 5.92 Å². The maximum atomic E-state index is 13.7. The van der Waals surface area contributed by atoms with Crippen molar-refractivity contribution in [2.75, 3.05) is 13.2 Å². The molecule has 3 aromatic rings. The molecule has 3 atom stereocenters. The van der Waals surface area contributed by atoms with Gasteiger partial charge in [-0.3, -0.25) is 9.59 Å². The predicted molar refractivity (Wildman–Crippen MR) is 144 cm³/mol. The molecule has 0 saturated carbocycles. The van der Waals surface area contributed by atoms with Gasteiger partial charge in [-0.15, -0.1) is 11.3 Å². The number of nitrogens with zero attached hydrogens (tertiary/aromatic N) is 1. The van der Waals surface area contributed by atoms with Crippen LogP contribution >= 0.6 is 11.3 Å². The molecule has 10 heteroatoms. The number of carboxylic acid groups (broad SMARTS) is 1. The summed E-state index contributed by atoms with van der Waals surface area (Å²) in [5.41, 5.74) is 2.32. The van der Waals surface area contributed by atoms with Gasteiger partial charge in [-0.1, -0.05) is 37.3 Å². The third-order valence-corrected chi connectivity index (χ3v) is 9.99. The Morgan fingerprint density at radius 2 is 1.89 bits per heavy atom. The Hall–Kier alpha value is -3.05. The number of carbonyl (C=O) groups is 2. The average Bonchev–Trinajstić information content (AvgIpc) is 3.32. The molecule has 0 radical (unpaired) electrons. The Balaban J connectivity index is 1.75. The minimum atomic E-state index is -3.91. The van der Waals surface area contributed by atoms with Crippen molar-refractivity contribution in [3.05, 3.63) is 81.0 Å². The van der Waals surface area contributed by atoms with Gasteiger partial charge in [0.25, 0.3) is 0 Å². The van der Waals surface area contributed by atoms with E-state index in [0.29, 0.717) is 4.88 Å². The second-order valence-corrected chi connectivity index (χ2v) is 12.6. The quantitative estimate of drug-likeness (QED) is 0.373. The zero-order chi connectivity index (χ0) is 27.6. The first-order valence-corrected chi connectivity index (χ1v) is 14.6. The van der Waals surface area contributed by atoms with Crippen LogP contribution < -0.4 is 4.74 Å². The number of Topliss-reactive ketones (excluding diaryl/α,β-unsaturated/α-hetero) is 1. The largest absolute Gasteiger partial charge is 0.488 e. The molecule has 1 aliphatic rings. The van der Waals surface area contributed by atoms with Crippen LogP contribution in [0.4, 0.5) is 0 Å². The van der Waals surface area contributed by atoms with Crippen molar-refractivity contribution in [2.45, 2.75) is 50.7 Å². The number of aliphatic hydroxyl groups excluding tert-OH is 1. The van der Waals surface area contributed by atoms with Crippen LogP contribution in [0.3, 0.4) is 0 Å². The normalized spacial score (nSPS) is 18.6. The maximum absolute atomic E-state index is 13.7. The molecule has 202 valence electrons. The number of ketones is 1. The van der Waals surface area contributed by atoms with E-state index in [1.54, 1.807) is 37.3 Å². The van der Waals surface area contributed by atoms with E-state index < -0.39 is 33.9 Å². The Kier molecular flexibility index (Phi) is 8.37. The monoisotopic (exact) mass is 557 g/mol. The number of hydrogen-bond acceptors (Lipinski definition) is 7. The number of aliphatic hydroxyl groups is 1. The minimum absolute atomic E-state index is 0.0545. The lowest BCUT2D eigenvalue weighted by Gasteiger charge is -2.25. The number of thiophene rings is 1. The van der Waals surface area contributed by atoms with Gasteiger partial charge in [-0.05, 0) is 54.8 Å². The van der Waals surface area contributed by atoms with Crippen molar-refractivity contribution < 1.29 is 33.0 Å². The Morgan fingerprint density at radius 1 is 1.16 bits per heavy atom. The molecule has 2 N–H and O–H groups in total. The molecule has 8 nitrogen and oxygen atoms in total. The number of para-hydroxylation sites is 1. The molecular weight excluding hydrogens is 526 g/mol. The van der Waals surface area contributed by atoms with Gasteiger partial charge in [0.2, 0.25) is 10.0 Å². The lowest BCUT2D eigenvalue weighted by atomic mass is 9.84. The minimum Gasteiger partial charge on any atom is -0.488 e. The van der Waals surface area contributed by atoms with E-state index in [2.05, 4.69) is 0 Å². The fourth-order valence-electron chi connectivity index (χ4n) is 4.68. The maximum Gasteiger partial charge on any atom is 0.307 e. The van der Waals surface area contributed by atoms with E-state index in [-0.39, 0.29) is 42.5 Å². The summed E-state index contributed by atoms with van der Waals surface area (Å²) in [6.07, 6.45) is -0.258. The van der Waals surface area contributed by atoms with Gasteiger partial charge in [0.05, 0.1) is 17.3 Å². The lowest BCUT2D eigenvalue weighted by molar-refractivity contribution is -0.141. The number of sulfonamides is 1. The predicted octanol–water partition coefficient (Wildman–Crippen LogP) is 4.45. The van der Waals surface area contributed by atoms with Crippen LogP contribution in [0, 0.1) is 12.8 Å². The number of hydrogen-bond donors (Lipinski definition) is 2. The van der Waals surface area contributed by atoms with Crippen LogP contribution in [-0.2, 0) is 21.4 Å². The number of rotatable bonds is 9. The SMILES string of the molecule is CC(=O)c1ccc(C(c2ccc(C)c(CN3CC(CCO)Oc4ccccc4S3(=O)=O)c2)C(C)C(=O)O)s1. The number of benzene rings is 2. The molecule has 2 heterocycles. The van der Waals surface area contributed by atoms with Crippen LogP contribution in [0.1, 0.15) is 57.4 Å². The topological polar surface area (TPSA) is 121 Å². The molecule has 0 fully saturated rings. The van der Waals surface area contributed by atoms with Crippen LogP contribution in [-0.4, -0.2) is 53.9 Å². The fourth-order valence-corrected chi connectivity index (χ4v) is 7.39. The van der Waals surface area contributed by atoms with Crippen molar-refractivity contribution >= 4 is 33.1 Å². The molecule has 1 aromatic heterocycles. The van der Waals surface area contributed by atoms with Crippen LogP contribution in [0.25, 0.3) is 0 Å². The van der Waals surface area contributed by atoms with Crippen LogP contribution in [0.5, 0.6) is 5.75 Å². The summed E-state index contributed by atoms with van der Waals surface area (Å²) < 4.78 is 34.7. The first-order chi connectivity index (χ1) is 18.0. The number of aliphatic carboxylic acids is 1. The Labute approximate surface area is 226 Å². The van der Waals surface area contributed by atoms with E-state index in [4.69, 9.17) is 4.74 Å². The highest BCUT2D eigenvalue weighted by molar-refractivity contribution is 7.89. The molecule has 0 bridgehead atoms. The lowest BCUT2D eigenvalue weighted by Crippen LogP contribution is -2.37. The van der Waals surface area contributed by atoms with Crippen molar-refractivity contribution in [1.29, 1.82) is 0 Å². The first kappa shape index (κ1) is 28.0. The number of carbonyl (C=O) groups excluding carboxylic acids is 1. The van der Waals surface area contributed by atoms with Gasteiger partial charge in [0.15, 0.2) is 5.78 Å². The van der Waals surface area contributed by atoms with Gasteiger partial charge in [-0.25, -0.2) is 8.42 Å². The molecule has 0 amide bonds. The molecule has 4 rings (SSSR count). The van der Waals surface area contributed by atoms with Crippen molar-refractivity contribution in [3.8, 4) is 5.75 Å². The van der Waals surface area contributed by atoms with Crippen molar-refractivity contribution in [3.63, 3.8) is 0 Å². The summed E-state index contributed by atoms with van der Waals surface area (Å²) in [5.74, 6) is -2.09. The highest BCUT2D eigenvalue weighted by atomic mass is 32.2. The summed E-state index contributed by atoms with van der Waals surface area (Å²) in [6.45, 7) is 4.96. The number of ether oxygens (including phenoxy) is 1. The Bertz CT molecular complexity index is 1450. The second-order valence-electron chi connectivity index (χ2n) is 9.55. The van der Waals surface area contributed by atoms with E-state index in [1.165, 1.54) is 28.6 Å². The summed E-state index contributed by atoms with van der Waals surface area (Å²) in [4.78, 5) is 25.3. The van der Waals surface area contributed by atoms with Crippen LogP contribution in [0.15, 0.2) is 59.5 Å². The summed E-state index contributed by atoms with van der Waals surface area (Å²) in [6, 6.07) is 15.6. The average molecular weight is 558 g/mol. The van der Waals surface area contributed by atoms with Crippen molar-refractivity contribution in [1.82, 2.24) is 4.31 Å². The summed E-state index contributed by atoms with van der Waals surface area (Å²) in [7, 11) is -3.91. The highest BCUT2D eigenvalue weighted by Gasteiger charge is 2.35. The van der Waals surface area contributed by atoms with E-state index in [9.17, 15) is 28.2 Å². The molecule has 0 spiro atoms. The Morgan fingerprint density at radius 3 is 2.55 bits per heavy atom. The van der Waals surface area contributed by atoms with E-state index in [0.717, 1.165) is 21.6 Å². The number of aryl methyl sites for hydroxylation is 1. The first-order valence-electron chi connectivity index (χ1n) is 12.3. The molecule has 3 unspecified atom stereocenters. The van der Waals surface area contributed by atoms with Gasteiger partial charge in [-0.2, -0.15) is 4.31 Å². The molecule has 2 aromatic carbocycles. The third kappa shape index (κ3) is 5.68. The summed E-state index contributed by atoms with van der Waals surface area (Å²) in [5, 5.41) is 19.4. The molecule has 0 aliphatic carbocycles. The summed E-state index contributed by atoms with van der Waals surface area (Å²) >= 11 is 1.28. The molecular formula is C28H31NO7S2. The van der Waals surface area contributed by atoms with Gasteiger partial charge in [0.1, 0.15) is 16.7 Å². The molecule has 1 aliphatic heterocycles. The fraction of sp³-hybridized carbons (Fsp3) is 0.357. The van der Waals surface area contributed by atoms with Crippen LogP contribution in [0.2, 0.25) is 0 Å². The second kappa shape index (κ2) is 11.4.